The Morgan fingerprint density at radius 1 is 1.17 bits per heavy atom. The van der Waals surface area contributed by atoms with Gasteiger partial charge in [-0.3, -0.25) is 4.79 Å². The number of hydrogen-bond donors (Lipinski definition) is 1. The minimum atomic E-state index is -0.564. The van der Waals surface area contributed by atoms with Crippen molar-refractivity contribution in [2.45, 2.75) is 58.1 Å². The van der Waals surface area contributed by atoms with Gasteiger partial charge in [-0.1, -0.05) is 19.3 Å². The molecule has 1 fully saturated rings. The SMILES string of the molecule is CCOC(=O)c1ccc(OC(C)C(=O)NC2CCCCC2)cc1. The smallest absolute Gasteiger partial charge is 0.338 e. The van der Waals surface area contributed by atoms with Gasteiger partial charge in [0.05, 0.1) is 12.2 Å². The zero-order valence-corrected chi connectivity index (χ0v) is 13.8. The predicted octanol–water partition coefficient (Wildman–Crippen LogP) is 3.08. The van der Waals surface area contributed by atoms with E-state index >= 15 is 0 Å². The highest BCUT2D eigenvalue weighted by Crippen LogP contribution is 2.18. The van der Waals surface area contributed by atoms with Crippen molar-refractivity contribution >= 4 is 11.9 Å². The molecule has 2 rings (SSSR count). The largest absolute Gasteiger partial charge is 0.481 e. The van der Waals surface area contributed by atoms with Crippen molar-refractivity contribution in [3.8, 4) is 5.75 Å². The molecule has 1 aromatic rings. The fourth-order valence-electron chi connectivity index (χ4n) is 2.71. The molecule has 1 aromatic carbocycles. The molecule has 1 atom stereocenters. The molecule has 0 saturated heterocycles. The van der Waals surface area contributed by atoms with Crippen LogP contribution in [-0.2, 0) is 9.53 Å². The summed E-state index contributed by atoms with van der Waals surface area (Å²) in [5.74, 6) is 0.109. The van der Waals surface area contributed by atoms with Crippen LogP contribution < -0.4 is 10.1 Å². The molecule has 0 aliphatic heterocycles. The molecular weight excluding hydrogens is 294 g/mol. The van der Waals surface area contributed by atoms with Gasteiger partial charge in [0, 0.05) is 6.04 Å². The zero-order chi connectivity index (χ0) is 16.7. The van der Waals surface area contributed by atoms with Gasteiger partial charge in [-0.2, -0.15) is 0 Å². The molecule has 0 heterocycles. The number of carbonyl (C=O) groups excluding carboxylic acids is 2. The third-order valence-corrected chi connectivity index (χ3v) is 4.00. The highest BCUT2D eigenvalue weighted by Gasteiger charge is 2.20. The van der Waals surface area contributed by atoms with Crippen LogP contribution in [0.5, 0.6) is 5.75 Å². The van der Waals surface area contributed by atoms with Crippen molar-refractivity contribution in [1.82, 2.24) is 5.32 Å². The Morgan fingerprint density at radius 2 is 1.83 bits per heavy atom. The van der Waals surface area contributed by atoms with Crippen molar-refractivity contribution in [2.24, 2.45) is 0 Å². The van der Waals surface area contributed by atoms with Gasteiger partial charge in [0.15, 0.2) is 6.10 Å². The quantitative estimate of drug-likeness (QED) is 0.818. The number of benzene rings is 1. The Hall–Kier alpha value is -2.04. The molecular formula is C18H25NO4. The standard InChI is InChI=1S/C18H25NO4/c1-3-22-18(21)14-9-11-16(12-10-14)23-13(2)17(20)19-15-7-5-4-6-8-15/h9-13,15H,3-8H2,1-2H3,(H,19,20). The number of carbonyl (C=O) groups is 2. The van der Waals surface area contributed by atoms with Crippen LogP contribution in [0.25, 0.3) is 0 Å². The van der Waals surface area contributed by atoms with Crippen LogP contribution in [0.1, 0.15) is 56.3 Å². The maximum Gasteiger partial charge on any atom is 0.338 e. The molecule has 1 N–H and O–H groups in total. The summed E-state index contributed by atoms with van der Waals surface area (Å²) in [7, 11) is 0. The first-order chi connectivity index (χ1) is 11.1. The second-order valence-electron chi connectivity index (χ2n) is 5.85. The third-order valence-electron chi connectivity index (χ3n) is 4.00. The van der Waals surface area contributed by atoms with Crippen molar-refractivity contribution < 1.29 is 19.1 Å². The molecule has 1 saturated carbocycles. The van der Waals surface area contributed by atoms with E-state index in [1.807, 2.05) is 0 Å². The first-order valence-electron chi connectivity index (χ1n) is 8.34. The molecule has 1 aliphatic rings. The molecule has 23 heavy (non-hydrogen) atoms. The summed E-state index contributed by atoms with van der Waals surface area (Å²) >= 11 is 0. The van der Waals surface area contributed by atoms with Gasteiger partial charge in [0.25, 0.3) is 5.91 Å². The summed E-state index contributed by atoms with van der Waals surface area (Å²) in [5.41, 5.74) is 0.471. The lowest BCUT2D eigenvalue weighted by molar-refractivity contribution is -0.128. The van der Waals surface area contributed by atoms with Gasteiger partial charge in [-0.05, 0) is 51.0 Å². The average Bonchev–Trinajstić information content (AvgIpc) is 2.56. The Labute approximate surface area is 137 Å². The van der Waals surface area contributed by atoms with Crippen molar-refractivity contribution in [3.63, 3.8) is 0 Å². The number of hydrogen-bond acceptors (Lipinski definition) is 4. The van der Waals surface area contributed by atoms with E-state index in [4.69, 9.17) is 9.47 Å². The highest BCUT2D eigenvalue weighted by atomic mass is 16.5. The average molecular weight is 319 g/mol. The normalized spacial score (nSPS) is 16.4. The maximum absolute atomic E-state index is 12.2. The van der Waals surface area contributed by atoms with E-state index in [1.54, 1.807) is 38.1 Å². The highest BCUT2D eigenvalue weighted by molar-refractivity contribution is 5.89. The number of amides is 1. The summed E-state index contributed by atoms with van der Waals surface area (Å²) < 4.78 is 10.6. The Kier molecular flexibility index (Phi) is 6.44. The van der Waals surface area contributed by atoms with Crippen LogP contribution in [0.4, 0.5) is 0 Å². The van der Waals surface area contributed by atoms with Crippen LogP contribution in [0, 0.1) is 0 Å². The van der Waals surface area contributed by atoms with Crippen molar-refractivity contribution in [1.29, 1.82) is 0 Å². The predicted molar refractivity (Wildman–Crippen MR) is 87.5 cm³/mol. The van der Waals surface area contributed by atoms with Crippen LogP contribution in [0.15, 0.2) is 24.3 Å². The molecule has 1 unspecified atom stereocenters. The van der Waals surface area contributed by atoms with E-state index in [0.717, 1.165) is 12.8 Å². The van der Waals surface area contributed by atoms with Crippen LogP contribution >= 0.6 is 0 Å². The van der Waals surface area contributed by atoms with Gasteiger partial charge in [0.2, 0.25) is 0 Å². The van der Waals surface area contributed by atoms with Crippen LogP contribution in [0.3, 0.4) is 0 Å². The van der Waals surface area contributed by atoms with E-state index in [9.17, 15) is 9.59 Å². The number of ether oxygens (including phenoxy) is 2. The minimum absolute atomic E-state index is 0.0913. The first kappa shape index (κ1) is 17.3. The molecule has 0 aromatic heterocycles. The Bertz CT molecular complexity index is 520. The van der Waals surface area contributed by atoms with E-state index in [1.165, 1.54) is 19.3 Å². The summed E-state index contributed by atoms with van der Waals surface area (Å²) in [5, 5.41) is 3.05. The monoisotopic (exact) mass is 319 g/mol. The molecule has 0 bridgehead atoms. The summed E-state index contributed by atoms with van der Waals surface area (Å²) in [6.07, 6.45) is 5.14. The van der Waals surface area contributed by atoms with Gasteiger partial charge < -0.3 is 14.8 Å². The number of rotatable bonds is 6. The lowest BCUT2D eigenvalue weighted by Crippen LogP contribution is -2.43. The number of esters is 1. The third kappa shape index (κ3) is 5.27. The molecule has 0 spiro atoms. The van der Waals surface area contributed by atoms with Gasteiger partial charge in [-0.15, -0.1) is 0 Å². The summed E-state index contributed by atoms with van der Waals surface area (Å²) in [6.45, 7) is 3.84. The molecule has 5 heteroatoms. The molecule has 1 amide bonds. The maximum atomic E-state index is 12.2. The van der Waals surface area contributed by atoms with Gasteiger partial charge in [-0.25, -0.2) is 4.79 Å². The van der Waals surface area contributed by atoms with Gasteiger partial charge >= 0.3 is 5.97 Å². The van der Waals surface area contributed by atoms with Crippen molar-refractivity contribution in [2.75, 3.05) is 6.61 Å². The van der Waals surface area contributed by atoms with E-state index in [-0.39, 0.29) is 17.9 Å². The zero-order valence-electron chi connectivity index (χ0n) is 13.8. The second kappa shape index (κ2) is 8.56. The van der Waals surface area contributed by atoms with E-state index in [0.29, 0.717) is 17.9 Å². The molecule has 5 nitrogen and oxygen atoms in total. The topological polar surface area (TPSA) is 64.6 Å². The second-order valence-corrected chi connectivity index (χ2v) is 5.85. The number of nitrogens with one attached hydrogen (secondary N) is 1. The Balaban J connectivity index is 1.85. The fourth-order valence-corrected chi connectivity index (χ4v) is 2.71. The van der Waals surface area contributed by atoms with Crippen molar-refractivity contribution in [3.05, 3.63) is 29.8 Å². The summed E-state index contributed by atoms with van der Waals surface area (Å²) in [6, 6.07) is 6.90. The van der Waals surface area contributed by atoms with E-state index < -0.39 is 6.10 Å². The fraction of sp³-hybridized carbons (Fsp3) is 0.556. The molecule has 1 aliphatic carbocycles. The Morgan fingerprint density at radius 3 is 2.43 bits per heavy atom. The van der Waals surface area contributed by atoms with Crippen LogP contribution in [-0.4, -0.2) is 30.6 Å². The van der Waals surface area contributed by atoms with E-state index in [2.05, 4.69) is 5.32 Å². The lowest BCUT2D eigenvalue weighted by Gasteiger charge is -2.24. The lowest BCUT2D eigenvalue weighted by atomic mass is 9.95. The molecule has 126 valence electrons. The van der Waals surface area contributed by atoms with Crippen LogP contribution in [0.2, 0.25) is 0 Å². The first-order valence-corrected chi connectivity index (χ1v) is 8.34. The molecule has 0 radical (unpaired) electrons. The summed E-state index contributed by atoms with van der Waals surface area (Å²) in [4.78, 5) is 23.7. The van der Waals surface area contributed by atoms with Gasteiger partial charge in [0.1, 0.15) is 5.75 Å². The minimum Gasteiger partial charge on any atom is -0.481 e.